The van der Waals surface area contributed by atoms with Crippen LogP contribution in [0.4, 0.5) is 0 Å². The molecule has 1 aliphatic rings. The lowest BCUT2D eigenvalue weighted by Gasteiger charge is -2.30. The van der Waals surface area contributed by atoms with Gasteiger partial charge in [0.1, 0.15) is 23.3 Å². The van der Waals surface area contributed by atoms with E-state index in [0.717, 1.165) is 33.4 Å². The van der Waals surface area contributed by atoms with Gasteiger partial charge in [0.2, 0.25) is 5.88 Å². The van der Waals surface area contributed by atoms with E-state index < -0.39 is 0 Å². The second-order valence-corrected chi connectivity index (χ2v) is 7.56. The zero-order valence-corrected chi connectivity index (χ0v) is 17.2. The standard InChI is InChI=1S/C25H23N3O3/c1-30-19-10-5-4-9-18(19)22-21-17-8-3-2-7-16(17)11-12-20(21)31-25-23(22)24(26)28(15-27-25)13-6-14-29/h2-5,7-12,15,22,26,29H,6,13-14H2,1H3. The molecule has 1 atom stereocenters. The Bertz CT molecular complexity index is 1330. The Labute approximate surface area is 179 Å². The van der Waals surface area contributed by atoms with E-state index in [9.17, 15) is 5.11 Å². The van der Waals surface area contributed by atoms with Crippen molar-refractivity contribution < 1.29 is 14.6 Å². The zero-order chi connectivity index (χ0) is 21.4. The van der Waals surface area contributed by atoms with Crippen molar-refractivity contribution in [2.75, 3.05) is 13.7 Å². The molecule has 5 rings (SSSR count). The van der Waals surface area contributed by atoms with Gasteiger partial charge in [-0.15, -0.1) is 0 Å². The van der Waals surface area contributed by atoms with E-state index in [4.69, 9.17) is 14.9 Å². The van der Waals surface area contributed by atoms with Crippen LogP contribution in [-0.2, 0) is 6.54 Å². The Balaban J connectivity index is 1.84. The van der Waals surface area contributed by atoms with E-state index in [0.29, 0.717) is 29.9 Å². The van der Waals surface area contributed by atoms with E-state index in [1.807, 2.05) is 48.5 Å². The van der Waals surface area contributed by atoms with Gasteiger partial charge in [0.15, 0.2) is 0 Å². The van der Waals surface area contributed by atoms with Gasteiger partial charge in [-0.1, -0.05) is 48.5 Å². The second kappa shape index (κ2) is 7.89. The molecule has 0 saturated carbocycles. The third-order valence-corrected chi connectivity index (χ3v) is 5.81. The molecule has 0 saturated heterocycles. The maximum absolute atomic E-state index is 9.27. The van der Waals surface area contributed by atoms with E-state index in [1.165, 1.54) is 0 Å². The third kappa shape index (κ3) is 3.16. The number of nitrogens with one attached hydrogen (secondary N) is 1. The number of ether oxygens (including phenoxy) is 2. The van der Waals surface area contributed by atoms with Crippen molar-refractivity contribution in [1.29, 1.82) is 5.41 Å². The van der Waals surface area contributed by atoms with Crippen LogP contribution in [0, 0.1) is 5.41 Å². The first-order valence-corrected chi connectivity index (χ1v) is 10.3. The molecule has 1 unspecified atom stereocenters. The van der Waals surface area contributed by atoms with Crippen molar-refractivity contribution in [3.8, 4) is 17.4 Å². The monoisotopic (exact) mass is 413 g/mol. The summed E-state index contributed by atoms with van der Waals surface area (Å²) in [6.45, 7) is 0.570. The van der Waals surface area contributed by atoms with Gasteiger partial charge in [-0.2, -0.15) is 0 Å². The molecular formula is C25H23N3O3. The Morgan fingerprint density at radius 3 is 2.71 bits per heavy atom. The molecule has 0 radical (unpaired) electrons. The van der Waals surface area contributed by atoms with Crippen molar-refractivity contribution in [2.45, 2.75) is 18.9 Å². The second-order valence-electron chi connectivity index (χ2n) is 7.56. The molecule has 0 bridgehead atoms. The highest BCUT2D eigenvalue weighted by atomic mass is 16.5. The average molecular weight is 413 g/mol. The molecule has 0 aliphatic carbocycles. The lowest BCUT2D eigenvalue weighted by molar-refractivity contribution is 0.278. The number of fused-ring (bicyclic) bond motifs is 4. The summed E-state index contributed by atoms with van der Waals surface area (Å²) in [5.74, 6) is 1.65. The first kappa shape index (κ1) is 19.3. The van der Waals surface area contributed by atoms with Crippen LogP contribution in [0.15, 0.2) is 67.0 Å². The fourth-order valence-electron chi connectivity index (χ4n) is 4.38. The van der Waals surface area contributed by atoms with Gasteiger partial charge in [-0.25, -0.2) is 4.98 Å². The third-order valence-electron chi connectivity index (χ3n) is 5.81. The summed E-state index contributed by atoms with van der Waals surface area (Å²) in [6, 6.07) is 20.1. The van der Waals surface area contributed by atoms with Gasteiger partial charge in [-0.05, 0) is 29.3 Å². The summed E-state index contributed by atoms with van der Waals surface area (Å²) < 4.78 is 13.7. The van der Waals surface area contributed by atoms with Crippen molar-refractivity contribution >= 4 is 10.8 Å². The molecule has 3 aromatic carbocycles. The highest BCUT2D eigenvalue weighted by Crippen LogP contribution is 2.49. The van der Waals surface area contributed by atoms with Gasteiger partial charge in [-0.3, -0.25) is 5.41 Å². The molecule has 2 N–H and O–H groups in total. The van der Waals surface area contributed by atoms with Crippen LogP contribution in [0.25, 0.3) is 10.8 Å². The molecule has 2 heterocycles. The number of aliphatic hydroxyl groups is 1. The lowest BCUT2D eigenvalue weighted by Crippen LogP contribution is -2.30. The SMILES string of the molecule is COc1ccccc1C1c2c(ncn(CCCO)c2=N)Oc2ccc3ccccc3c21. The summed E-state index contributed by atoms with van der Waals surface area (Å²) in [5.41, 5.74) is 2.99. The quantitative estimate of drug-likeness (QED) is 0.453. The predicted octanol–water partition coefficient (Wildman–Crippen LogP) is 4.19. The molecule has 156 valence electrons. The Morgan fingerprint density at radius 1 is 1.06 bits per heavy atom. The molecule has 0 amide bonds. The van der Waals surface area contributed by atoms with Gasteiger partial charge in [0.05, 0.1) is 18.6 Å². The number of nitrogens with zero attached hydrogens (tertiary/aromatic N) is 2. The van der Waals surface area contributed by atoms with Crippen LogP contribution in [0.5, 0.6) is 17.4 Å². The van der Waals surface area contributed by atoms with Crippen molar-refractivity contribution in [3.63, 3.8) is 0 Å². The fourth-order valence-corrected chi connectivity index (χ4v) is 4.38. The summed E-state index contributed by atoms with van der Waals surface area (Å²) in [6.07, 6.45) is 2.17. The van der Waals surface area contributed by atoms with Crippen LogP contribution in [0.3, 0.4) is 0 Å². The van der Waals surface area contributed by atoms with Crippen LogP contribution in [0.2, 0.25) is 0 Å². The maximum atomic E-state index is 9.27. The first-order valence-electron chi connectivity index (χ1n) is 10.3. The van der Waals surface area contributed by atoms with Crippen LogP contribution >= 0.6 is 0 Å². The number of para-hydroxylation sites is 1. The van der Waals surface area contributed by atoms with Crippen molar-refractivity contribution in [3.05, 3.63) is 89.2 Å². The summed E-state index contributed by atoms with van der Waals surface area (Å²) >= 11 is 0. The van der Waals surface area contributed by atoms with Crippen LogP contribution in [-0.4, -0.2) is 28.4 Å². The maximum Gasteiger partial charge on any atom is 0.228 e. The highest BCUT2D eigenvalue weighted by molar-refractivity contribution is 5.90. The number of hydrogen-bond acceptors (Lipinski definition) is 5. The molecule has 1 aromatic heterocycles. The van der Waals surface area contributed by atoms with Crippen molar-refractivity contribution in [1.82, 2.24) is 9.55 Å². The summed E-state index contributed by atoms with van der Waals surface area (Å²) in [5, 5.41) is 20.4. The predicted molar refractivity (Wildman–Crippen MR) is 118 cm³/mol. The van der Waals surface area contributed by atoms with E-state index >= 15 is 0 Å². The number of methoxy groups -OCH3 is 1. The minimum Gasteiger partial charge on any atom is -0.496 e. The topological polar surface area (TPSA) is 80.4 Å². The Kier molecular flexibility index (Phi) is 4.92. The molecule has 6 nitrogen and oxygen atoms in total. The molecule has 0 fully saturated rings. The number of aryl methyl sites for hydroxylation is 1. The smallest absolute Gasteiger partial charge is 0.228 e. The molecular weight excluding hydrogens is 390 g/mol. The number of aliphatic hydroxyl groups excluding tert-OH is 1. The number of rotatable bonds is 5. The van der Waals surface area contributed by atoms with Gasteiger partial charge in [0.25, 0.3) is 0 Å². The lowest BCUT2D eigenvalue weighted by atomic mass is 9.81. The van der Waals surface area contributed by atoms with Crippen molar-refractivity contribution in [2.24, 2.45) is 0 Å². The molecule has 6 heteroatoms. The van der Waals surface area contributed by atoms with Gasteiger partial charge >= 0.3 is 0 Å². The molecule has 0 spiro atoms. The number of aromatic nitrogens is 2. The van der Waals surface area contributed by atoms with Crippen LogP contribution in [0.1, 0.15) is 29.0 Å². The largest absolute Gasteiger partial charge is 0.496 e. The minimum atomic E-state index is -0.275. The van der Waals surface area contributed by atoms with Crippen LogP contribution < -0.4 is 15.0 Å². The molecule has 1 aliphatic heterocycles. The summed E-state index contributed by atoms with van der Waals surface area (Å²) in [4.78, 5) is 4.54. The van der Waals surface area contributed by atoms with Gasteiger partial charge in [0, 0.05) is 24.3 Å². The molecule has 4 aromatic rings. The van der Waals surface area contributed by atoms with Gasteiger partial charge < -0.3 is 19.1 Å². The number of hydrogen-bond donors (Lipinski definition) is 2. The van der Waals surface area contributed by atoms with E-state index in [-0.39, 0.29) is 12.5 Å². The van der Waals surface area contributed by atoms with E-state index in [2.05, 4.69) is 17.1 Å². The number of benzene rings is 3. The Morgan fingerprint density at radius 2 is 1.87 bits per heavy atom. The fraction of sp³-hybridized carbons (Fsp3) is 0.200. The normalized spacial score (nSPS) is 14.6. The Hall–Kier alpha value is -3.64. The van der Waals surface area contributed by atoms with E-state index in [1.54, 1.807) is 18.0 Å². The minimum absolute atomic E-state index is 0.0590. The zero-order valence-electron chi connectivity index (χ0n) is 17.2. The highest BCUT2D eigenvalue weighted by Gasteiger charge is 2.34. The molecule has 31 heavy (non-hydrogen) atoms. The first-order chi connectivity index (χ1) is 15.2. The summed E-state index contributed by atoms with van der Waals surface area (Å²) in [7, 11) is 1.66. The average Bonchev–Trinajstić information content (AvgIpc) is 2.82.